The largest absolute Gasteiger partial charge is 0.379 e. The predicted octanol–water partition coefficient (Wildman–Crippen LogP) is 3.86. The minimum Gasteiger partial charge on any atom is -0.379 e. The second-order valence-electron chi connectivity index (χ2n) is 8.51. The smallest absolute Gasteiger partial charge is 0.261 e. The summed E-state index contributed by atoms with van der Waals surface area (Å²) in [6, 6.07) is 9.83. The quantitative estimate of drug-likeness (QED) is 0.470. The molecular formula is C23H21F2N5O. The maximum Gasteiger partial charge on any atom is 0.261 e. The molecular weight excluding hydrogens is 400 g/mol. The van der Waals surface area contributed by atoms with Crippen molar-refractivity contribution < 1.29 is 8.78 Å². The second kappa shape index (κ2) is 6.88. The van der Waals surface area contributed by atoms with E-state index in [-0.39, 0.29) is 11.6 Å². The highest BCUT2D eigenvalue weighted by atomic mass is 19.2. The van der Waals surface area contributed by atoms with E-state index in [0.29, 0.717) is 28.4 Å². The molecule has 158 valence electrons. The van der Waals surface area contributed by atoms with Crippen molar-refractivity contribution in [3.63, 3.8) is 0 Å². The third kappa shape index (κ3) is 3.01. The number of aromatic amines is 2. The summed E-state index contributed by atoms with van der Waals surface area (Å²) in [6.45, 7) is 3.02. The molecule has 3 aliphatic rings. The molecule has 0 saturated carbocycles. The normalized spacial score (nSPS) is 23.0. The van der Waals surface area contributed by atoms with Crippen LogP contribution in [0.1, 0.15) is 12.8 Å². The summed E-state index contributed by atoms with van der Waals surface area (Å²) < 4.78 is 28.1. The first-order valence-corrected chi connectivity index (χ1v) is 10.6. The summed E-state index contributed by atoms with van der Waals surface area (Å²) in [7, 11) is 0. The van der Waals surface area contributed by atoms with Gasteiger partial charge in [0.15, 0.2) is 11.6 Å². The SMILES string of the molecule is O=c1[nH]c2cc(F)c(F)cc2c(N[C@@H]2CN3CCC2CC3)c1-c1nc2ccccc2[nH]1. The number of benzene rings is 2. The summed E-state index contributed by atoms with van der Waals surface area (Å²) >= 11 is 0. The molecule has 0 unspecified atom stereocenters. The number of piperidine rings is 3. The molecule has 1 atom stereocenters. The first kappa shape index (κ1) is 18.5. The fourth-order valence-electron chi connectivity index (χ4n) is 5.05. The third-order valence-corrected chi connectivity index (χ3v) is 6.67. The van der Waals surface area contributed by atoms with Gasteiger partial charge in [0.1, 0.15) is 11.4 Å². The Morgan fingerprint density at radius 1 is 1.03 bits per heavy atom. The van der Waals surface area contributed by atoms with Crippen LogP contribution < -0.4 is 10.9 Å². The number of anilines is 1. The third-order valence-electron chi connectivity index (χ3n) is 6.67. The van der Waals surface area contributed by atoms with E-state index < -0.39 is 17.2 Å². The molecule has 3 aliphatic heterocycles. The summed E-state index contributed by atoms with van der Waals surface area (Å²) in [5, 5.41) is 3.98. The maximum atomic E-state index is 14.2. The van der Waals surface area contributed by atoms with Crippen LogP contribution in [0, 0.1) is 17.6 Å². The van der Waals surface area contributed by atoms with Crippen molar-refractivity contribution in [1.82, 2.24) is 19.9 Å². The summed E-state index contributed by atoms with van der Waals surface area (Å²) in [6.07, 6.45) is 2.17. The van der Waals surface area contributed by atoms with E-state index in [9.17, 15) is 13.6 Å². The number of aromatic nitrogens is 3. The molecule has 2 bridgehead atoms. The molecule has 31 heavy (non-hydrogen) atoms. The van der Waals surface area contributed by atoms with Crippen molar-refractivity contribution in [3.05, 3.63) is 58.4 Å². The Labute approximate surface area is 176 Å². The zero-order chi connectivity index (χ0) is 21.1. The van der Waals surface area contributed by atoms with Crippen molar-refractivity contribution in [2.45, 2.75) is 18.9 Å². The van der Waals surface area contributed by atoms with E-state index in [1.165, 1.54) is 0 Å². The van der Waals surface area contributed by atoms with Gasteiger partial charge < -0.3 is 20.2 Å². The second-order valence-corrected chi connectivity index (χ2v) is 8.51. The van der Waals surface area contributed by atoms with E-state index in [1.807, 2.05) is 24.3 Å². The molecule has 2 aromatic carbocycles. The summed E-state index contributed by atoms with van der Waals surface area (Å²) in [4.78, 5) is 26.1. The lowest BCUT2D eigenvalue weighted by atomic mass is 9.83. The van der Waals surface area contributed by atoms with Gasteiger partial charge in [-0.1, -0.05) is 12.1 Å². The lowest BCUT2D eigenvalue weighted by molar-refractivity contribution is 0.0976. The molecule has 0 aliphatic carbocycles. The van der Waals surface area contributed by atoms with Crippen LogP contribution in [0.3, 0.4) is 0 Å². The number of imidazole rings is 1. The number of fused-ring (bicyclic) bond motifs is 5. The predicted molar refractivity (Wildman–Crippen MR) is 116 cm³/mol. The molecule has 0 spiro atoms. The molecule has 3 saturated heterocycles. The van der Waals surface area contributed by atoms with Crippen LogP contribution in [0.5, 0.6) is 0 Å². The standard InChI is InChI=1S/C23H21F2N5O/c24-14-9-13-18(10-15(14)25)29-23(31)20(22-27-16-3-1-2-4-17(16)28-22)21(13)26-19-11-30-7-5-12(19)6-8-30/h1-4,9-10,12,19H,5-8,11H2,(H,27,28)(H2,26,29,31)/t19-/m1/s1. The van der Waals surface area contributed by atoms with Crippen molar-refractivity contribution in [2.24, 2.45) is 5.92 Å². The Hall–Kier alpha value is -3.26. The molecule has 4 aromatic rings. The maximum absolute atomic E-state index is 14.2. The fourth-order valence-corrected chi connectivity index (χ4v) is 5.05. The van der Waals surface area contributed by atoms with Gasteiger partial charge in [-0.15, -0.1) is 0 Å². The number of rotatable bonds is 3. The molecule has 5 heterocycles. The first-order chi connectivity index (χ1) is 15.1. The minimum absolute atomic E-state index is 0.128. The number of halogens is 2. The average Bonchev–Trinajstić information content (AvgIpc) is 3.20. The Morgan fingerprint density at radius 2 is 1.81 bits per heavy atom. The van der Waals surface area contributed by atoms with Gasteiger partial charge in [0.05, 0.1) is 22.2 Å². The zero-order valence-corrected chi connectivity index (χ0v) is 16.7. The van der Waals surface area contributed by atoms with Gasteiger partial charge >= 0.3 is 0 Å². The van der Waals surface area contributed by atoms with Gasteiger partial charge in [-0.2, -0.15) is 0 Å². The van der Waals surface area contributed by atoms with Crippen LogP contribution >= 0.6 is 0 Å². The fraction of sp³-hybridized carbons (Fsp3) is 0.304. The van der Waals surface area contributed by atoms with Gasteiger partial charge in [0, 0.05) is 24.0 Å². The molecule has 3 N–H and O–H groups in total. The molecule has 3 fully saturated rings. The van der Waals surface area contributed by atoms with Crippen LogP contribution in [0.2, 0.25) is 0 Å². The minimum atomic E-state index is -0.992. The highest BCUT2D eigenvalue weighted by Crippen LogP contribution is 2.36. The van der Waals surface area contributed by atoms with Crippen molar-refractivity contribution in [3.8, 4) is 11.4 Å². The Kier molecular flexibility index (Phi) is 4.11. The molecule has 0 radical (unpaired) electrons. The summed E-state index contributed by atoms with van der Waals surface area (Å²) in [5.41, 5.74) is 2.20. The number of H-pyrrole nitrogens is 2. The highest BCUT2D eigenvalue weighted by Gasteiger charge is 2.35. The number of pyridine rings is 1. The van der Waals surface area contributed by atoms with Gasteiger partial charge in [-0.3, -0.25) is 4.79 Å². The molecule has 6 nitrogen and oxygen atoms in total. The van der Waals surface area contributed by atoms with Crippen LogP contribution in [0.15, 0.2) is 41.2 Å². The highest BCUT2D eigenvalue weighted by molar-refractivity contribution is 5.99. The van der Waals surface area contributed by atoms with E-state index >= 15 is 0 Å². The average molecular weight is 421 g/mol. The molecule has 0 amide bonds. The lowest BCUT2D eigenvalue weighted by Gasteiger charge is -2.45. The number of hydrogen-bond donors (Lipinski definition) is 3. The van der Waals surface area contributed by atoms with E-state index in [0.717, 1.165) is 55.6 Å². The molecule has 8 heteroatoms. The number of nitrogens with one attached hydrogen (secondary N) is 3. The Bertz CT molecular complexity index is 1340. The first-order valence-electron chi connectivity index (χ1n) is 10.6. The summed E-state index contributed by atoms with van der Waals surface area (Å²) in [5.74, 6) is -1.06. The zero-order valence-electron chi connectivity index (χ0n) is 16.7. The van der Waals surface area contributed by atoms with Crippen molar-refractivity contribution in [2.75, 3.05) is 25.0 Å². The number of hydrogen-bond acceptors (Lipinski definition) is 4. The number of nitrogens with zero attached hydrogens (tertiary/aromatic N) is 2. The Balaban J connectivity index is 1.58. The van der Waals surface area contributed by atoms with Gasteiger partial charge in [-0.25, -0.2) is 13.8 Å². The molecule has 2 aromatic heterocycles. The van der Waals surface area contributed by atoms with Crippen LogP contribution in [0.4, 0.5) is 14.5 Å². The monoisotopic (exact) mass is 421 g/mol. The van der Waals surface area contributed by atoms with Crippen molar-refractivity contribution in [1.29, 1.82) is 0 Å². The van der Waals surface area contributed by atoms with Crippen molar-refractivity contribution >= 4 is 27.6 Å². The molecule has 7 rings (SSSR count). The topological polar surface area (TPSA) is 76.8 Å². The van der Waals surface area contributed by atoms with E-state index in [1.54, 1.807) is 0 Å². The van der Waals surface area contributed by atoms with E-state index in [2.05, 4.69) is 25.2 Å². The Morgan fingerprint density at radius 3 is 2.55 bits per heavy atom. The van der Waals surface area contributed by atoms with Gasteiger partial charge in [0.2, 0.25) is 0 Å². The van der Waals surface area contributed by atoms with Crippen LogP contribution in [-0.4, -0.2) is 45.5 Å². The van der Waals surface area contributed by atoms with Gasteiger partial charge in [-0.05, 0) is 50.0 Å². The van der Waals surface area contributed by atoms with E-state index in [4.69, 9.17) is 0 Å². The van der Waals surface area contributed by atoms with Crippen LogP contribution in [-0.2, 0) is 0 Å². The number of para-hydroxylation sites is 2. The lowest BCUT2D eigenvalue weighted by Crippen LogP contribution is -2.53. The van der Waals surface area contributed by atoms with Gasteiger partial charge in [0.25, 0.3) is 5.56 Å². The van der Waals surface area contributed by atoms with Crippen LogP contribution in [0.25, 0.3) is 33.3 Å².